The Bertz CT molecular complexity index is 284. The van der Waals surface area contributed by atoms with Crippen molar-refractivity contribution in [2.24, 2.45) is 11.7 Å². The highest BCUT2D eigenvalue weighted by atomic mass is 79.9. The SMILES string of the molecule is NCC1CCCC1c1occc1Br. The average Bonchev–Trinajstić information content (AvgIpc) is 2.71. The molecule has 13 heavy (non-hydrogen) atoms. The lowest BCUT2D eigenvalue weighted by molar-refractivity contribution is 0.399. The molecule has 1 aliphatic carbocycles. The van der Waals surface area contributed by atoms with Crippen LogP contribution in [0, 0.1) is 5.92 Å². The predicted octanol–water partition coefficient (Wildman–Crippen LogP) is 2.88. The van der Waals surface area contributed by atoms with Crippen molar-refractivity contribution >= 4 is 15.9 Å². The number of rotatable bonds is 2. The van der Waals surface area contributed by atoms with Gasteiger partial charge in [-0.3, -0.25) is 0 Å². The van der Waals surface area contributed by atoms with E-state index >= 15 is 0 Å². The van der Waals surface area contributed by atoms with Gasteiger partial charge in [0.2, 0.25) is 0 Å². The van der Waals surface area contributed by atoms with Gasteiger partial charge in [-0.25, -0.2) is 0 Å². The molecule has 0 amide bonds. The van der Waals surface area contributed by atoms with Gasteiger partial charge >= 0.3 is 0 Å². The van der Waals surface area contributed by atoms with E-state index in [-0.39, 0.29) is 0 Å². The van der Waals surface area contributed by atoms with Crippen molar-refractivity contribution in [1.29, 1.82) is 0 Å². The number of furan rings is 1. The number of halogens is 1. The molecule has 2 rings (SSSR count). The molecule has 2 nitrogen and oxygen atoms in total. The van der Waals surface area contributed by atoms with Gasteiger partial charge in [-0.1, -0.05) is 6.42 Å². The zero-order chi connectivity index (χ0) is 9.26. The van der Waals surface area contributed by atoms with Crippen LogP contribution in [0.4, 0.5) is 0 Å². The second-order valence-electron chi connectivity index (χ2n) is 3.67. The summed E-state index contributed by atoms with van der Waals surface area (Å²) < 4.78 is 6.57. The summed E-state index contributed by atoms with van der Waals surface area (Å²) in [5.41, 5.74) is 5.72. The van der Waals surface area contributed by atoms with E-state index in [0.29, 0.717) is 11.8 Å². The van der Waals surface area contributed by atoms with Crippen LogP contribution in [0.1, 0.15) is 30.9 Å². The molecule has 72 valence electrons. The summed E-state index contributed by atoms with van der Waals surface area (Å²) in [5.74, 6) is 2.24. The zero-order valence-corrected chi connectivity index (χ0v) is 9.09. The van der Waals surface area contributed by atoms with Gasteiger partial charge in [0, 0.05) is 5.92 Å². The molecule has 1 saturated carbocycles. The average molecular weight is 244 g/mol. The Kier molecular flexibility index (Phi) is 2.74. The van der Waals surface area contributed by atoms with Crippen molar-refractivity contribution in [3.05, 3.63) is 22.6 Å². The van der Waals surface area contributed by atoms with Gasteiger partial charge in [0.15, 0.2) is 0 Å². The second kappa shape index (κ2) is 3.84. The first-order valence-electron chi connectivity index (χ1n) is 4.76. The Morgan fingerprint density at radius 3 is 3.00 bits per heavy atom. The molecule has 2 unspecified atom stereocenters. The second-order valence-corrected chi connectivity index (χ2v) is 4.52. The topological polar surface area (TPSA) is 39.2 Å². The van der Waals surface area contributed by atoms with E-state index in [1.807, 2.05) is 6.07 Å². The third-order valence-corrected chi connectivity index (χ3v) is 3.60. The Hall–Kier alpha value is -0.280. The highest BCUT2D eigenvalue weighted by molar-refractivity contribution is 9.10. The molecule has 2 N–H and O–H groups in total. The van der Waals surface area contributed by atoms with Crippen LogP contribution in [0.25, 0.3) is 0 Å². The molecule has 0 saturated heterocycles. The fraction of sp³-hybridized carbons (Fsp3) is 0.600. The maximum Gasteiger partial charge on any atom is 0.121 e. The number of nitrogens with two attached hydrogens (primary N) is 1. The summed E-state index contributed by atoms with van der Waals surface area (Å²) in [7, 11) is 0. The maximum atomic E-state index is 5.72. The third kappa shape index (κ3) is 1.67. The molecule has 1 aromatic rings. The van der Waals surface area contributed by atoms with Gasteiger partial charge in [0.05, 0.1) is 10.7 Å². The molecular weight excluding hydrogens is 230 g/mol. The molecule has 1 aliphatic rings. The first-order chi connectivity index (χ1) is 6.33. The number of hydrogen-bond acceptors (Lipinski definition) is 2. The van der Waals surface area contributed by atoms with Gasteiger partial charge in [-0.05, 0) is 47.3 Å². The lowest BCUT2D eigenvalue weighted by Gasteiger charge is -2.15. The predicted molar refractivity (Wildman–Crippen MR) is 55.5 cm³/mol. The van der Waals surface area contributed by atoms with Crippen LogP contribution in [-0.2, 0) is 0 Å². The Labute approximate surface area is 86.6 Å². The Morgan fingerprint density at radius 2 is 2.38 bits per heavy atom. The van der Waals surface area contributed by atoms with E-state index < -0.39 is 0 Å². The van der Waals surface area contributed by atoms with E-state index in [2.05, 4.69) is 15.9 Å². The summed E-state index contributed by atoms with van der Waals surface area (Å²) in [6.45, 7) is 0.776. The van der Waals surface area contributed by atoms with E-state index in [4.69, 9.17) is 10.2 Å². The summed E-state index contributed by atoms with van der Waals surface area (Å²) in [6.07, 6.45) is 5.48. The van der Waals surface area contributed by atoms with E-state index in [9.17, 15) is 0 Å². The molecule has 1 aromatic heterocycles. The smallest absolute Gasteiger partial charge is 0.121 e. The van der Waals surface area contributed by atoms with Crippen LogP contribution in [0.15, 0.2) is 21.2 Å². The standard InChI is InChI=1S/C10H14BrNO/c11-9-4-5-13-10(9)8-3-1-2-7(8)6-12/h4-5,7-8H,1-3,6,12H2. The summed E-state index contributed by atoms with van der Waals surface area (Å²) >= 11 is 3.50. The summed E-state index contributed by atoms with van der Waals surface area (Å²) in [6, 6.07) is 1.96. The first kappa shape index (κ1) is 9.28. The largest absolute Gasteiger partial charge is 0.468 e. The van der Waals surface area contributed by atoms with Gasteiger partial charge in [-0.15, -0.1) is 0 Å². The lowest BCUT2D eigenvalue weighted by Crippen LogP contribution is -2.16. The zero-order valence-electron chi connectivity index (χ0n) is 7.50. The molecule has 1 heterocycles. The molecule has 0 radical (unpaired) electrons. The minimum Gasteiger partial charge on any atom is -0.468 e. The third-order valence-electron chi connectivity index (χ3n) is 2.94. The molecule has 3 heteroatoms. The quantitative estimate of drug-likeness (QED) is 0.868. The van der Waals surface area contributed by atoms with E-state index in [1.165, 1.54) is 19.3 Å². The van der Waals surface area contributed by atoms with Gasteiger partial charge in [-0.2, -0.15) is 0 Å². The van der Waals surface area contributed by atoms with Crippen molar-refractivity contribution in [1.82, 2.24) is 0 Å². The van der Waals surface area contributed by atoms with Crippen molar-refractivity contribution in [3.8, 4) is 0 Å². The Morgan fingerprint density at radius 1 is 1.54 bits per heavy atom. The maximum absolute atomic E-state index is 5.72. The van der Waals surface area contributed by atoms with Crippen molar-refractivity contribution in [3.63, 3.8) is 0 Å². The molecule has 0 aliphatic heterocycles. The molecule has 0 bridgehead atoms. The molecule has 2 atom stereocenters. The fourth-order valence-corrected chi connectivity index (χ4v) is 2.73. The minimum absolute atomic E-state index is 0.536. The van der Waals surface area contributed by atoms with Crippen LogP contribution in [0.5, 0.6) is 0 Å². The van der Waals surface area contributed by atoms with Gasteiger partial charge < -0.3 is 10.2 Å². The summed E-state index contributed by atoms with van der Waals surface area (Å²) in [4.78, 5) is 0. The van der Waals surface area contributed by atoms with Crippen LogP contribution in [0.2, 0.25) is 0 Å². The highest BCUT2D eigenvalue weighted by Crippen LogP contribution is 2.41. The normalized spacial score (nSPS) is 28.2. The van der Waals surface area contributed by atoms with Crippen LogP contribution < -0.4 is 5.73 Å². The van der Waals surface area contributed by atoms with E-state index in [1.54, 1.807) is 6.26 Å². The molecule has 0 aromatic carbocycles. The number of hydrogen-bond donors (Lipinski definition) is 1. The van der Waals surface area contributed by atoms with Crippen LogP contribution in [-0.4, -0.2) is 6.54 Å². The molecular formula is C10H14BrNO. The first-order valence-corrected chi connectivity index (χ1v) is 5.55. The van der Waals surface area contributed by atoms with Crippen molar-refractivity contribution < 1.29 is 4.42 Å². The van der Waals surface area contributed by atoms with Crippen LogP contribution >= 0.6 is 15.9 Å². The van der Waals surface area contributed by atoms with Crippen LogP contribution in [0.3, 0.4) is 0 Å². The van der Waals surface area contributed by atoms with Gasteiger partial charge in [0.1, 0.15) is 5.76 Å². The van der Waals surface area contributed by atoms with Gasteiger partial charge in [0.25, 0.3) is 0 Å². The Balaban J connectivity index is 2.20. The molecule has 0 spiro atoms. The van der Waals surface area contributed by atoms with Crippen molar-refractivity contribution in [2.75, 3.05) is 6.54 Å². The fourth-order valence-electron chi connectivity index (χ4n) is 2.23. The summed E-state index contributed by atoms with van der Waals surface area (Å²) in [5, 5.41) is 0. The highest BCUT2D eigenvalue weighted by Gasteiger charge is 2.30. The van der Waals surface area contributed by atoms with Crippen molar-refractivity contribution in [2.45, 2.75) is 25.2 Å². The molecule has 1 fully saturated rings. The lowest BCUT2D eigenvalue weighted by atomic mass is 9.94. The minimum atomic E-state index is 0.536. The monoisotopic (exact) mass is 243 g/mol. The van der Waals surface area contributed by atoms with E-state index in [0.717, 1.165) is 16.8 Å².